The van der Waals surface area contributed by atoms with Crippen LogP contribution in [0.2, 0.25) is 0 Å². The van der Waals surface area contributed by atoms with E-state index in [2.05, 4.69) is 9.97 Å². The number of hydrogen-bond donors (Lipinski definition) is 2. The normalized spacial score (nSPS) is 15.8. The van der Waals surface area contributed by atoms with Crippen LogP contribution in [-0.2, 0) is 0 Å². The van der Waals surface area contributed by atoms with Gasteiger partial charge < -0.3 is 15.6 Å². The third-order valence-corrected chi connectivity index (χ3v) is 4.57. The Hall–Kier alpha value is -3.09. The van der Waals surface area contributed by atoms with Crippen LogP contribution < -0.4 is 27.1 Å². The van der Waals surface area contributed by atoms with Gasteiger partial charge in [0.2, 0.25) is 5.78 Å². The van der Waals surface area contributed by atoms with Crippen molar-refractivity contribution in [2.45, 2.75) is 19.3 Å². The van der Waals surface area contributed by atoms with E-state index in [0.717, 1.165) is 37.9 Å². The molecule has 1 saturated heterocycles. The molecule has 25 heavy (non-hydrogen) atoms. The summed E-state index contributed by atoms with van der Waals surface area (Å²) in [4.78, 5) is 34.1. The quantitative estimate of drug-likeness (QED) is 0.710. The van der Waals surface area contributed by atoms with Gasteiger partial charge in [-0.1, -0.05) is 30.3 Å². The molecule has 0 bridgehead atoms. The molecule has 2 aromatic heterocycles. The van der Waals surface area contributed by atoms with Crippen LogP contribution in [0, 0.1) is 0 Å². The van der Waals surface area contributed by atoms with Gasteiger partial charge >= 0.3 is 0 Å². The van der Waals surface area contributed by atoms with E-state index in [0.29, 0.717) is 11.0 Å². The summed E-state index contributed by atoms with van der Waals surface area (Å²) in [6.45, 7) is 1.52. The van der Waals surface area contributed by atoms with Crippen molar-refractivity contribution >= 4 is 23.4 Å². The van der Waals surface area contributed by atoms with E-state index in [-0.39, 0.29) is 17.2 Å². The summed E-state index contributed by atoms with van der Waals surface area (Å²) in [5, 5.41) is 0.348. The highest BCUT2D eigenvalue weighted by Gasteiger charge is 2.21. The number of benzene rings is 1. The van der Waals surface area contributed by atoms with Gasteiger partial charge in [-0.25, -0.2) is 4.40 Å². The monoisotopic (exact) mass is 337 g/mol. The Bertz CT molecular complexity index is 1080. The van der Waals surface area contributed by atoms with Crippen molar-refractivity contribution in [2.75, 3.05) is 23.7 Å². The number of nitrogens with two attached hydrogens (primary N) is 1. The predicted molar refractivity (Wildman–Crippen MR) is 97.8 cm³/mol. The molecule has 0 atom stereocenters. The number of aromatic nitrogens is 3. The Kier molecular flexibility index (Phi) is 3.76. The molecule has 0 unspecified atom stereocenters. The van der Waals surface area contributed by atoms with Crippen LogP contribution in [-0.4, -0.2) is 27.5 Å². The number of rotatable bonds is 2. The lowest BCUT2D eigenvalue weighted by molar-refractivity contribution is 0.576. The van der Waals surface area contributed by atoms with Crippen LogP contribution in [0.15, 0.2) is 39.9 Å². The molecule has 1 aliphatic rings. The molecule has 7 nitrogen and oxygen atoms in total. The van der Waals surface area contributed by atoms with Crippen LogP contribution in [0.4, 0.5) is 11.5 Å². The van der Waals surface area contributed by atoms with Gasteiger partial charge in [-0.2, -0.15) is 4.98 Å². The zero-order valence-electron chi connectivity index (χ0n) is 13.7. The molecule has 1 aromatic carbocycles. The number of aromatic amines is 1. The van der Waals surface area contributed by atoms with Crippen molar-refractivity contribution in [1.29, 1.82) is 0 Å². The number of fused-ring (bicyclic) bond motifs is 1. The largest absolute Gasteiger partial charge is 0.383 e. The highest BCUT2D eigenvalue weighted by Crippen LogP contribution is 2.21. The molecule has 0 saturated carbocycles. The Balaban J connectivity index is 1.93. The zero-order valence-corrected chi connectivity index (χ0v) is 13.7. The molecular formula is C18H19N5O2. The number of nitrogens with one attached hydrogen (secondary N) is 1. The Morgan fingerprint density at radius 3 is 2.52 bits per heavy atom. The van der Waals surface area contributed by atoms with Crippen molar-refractivity contribution in [3.05, 3.63) is 62.0 Å². The Morgan fingerprint density at radius 2 is 1.80 bits per heavy atom. The molecule has 0 amide bonds. The molecule has 3 heterocycles. The van der Waals surface area contributed by atoms with Gasteiger partial charge in [0.25, 0.3) is 11.1 Å². The van der Waals surface area contributed by atoms with E-state index in [1.54, 1.807) is 6.08 Å². The second kappa shape index (κ2) is 6.08. The van der Waals surface area contributed by atoms with Crippen LogP contribution in [0.3, 0.4) is 0 Å². The summed E-state index contributed by atoms with van der Waals surface area (Å²) < 4.78 is 1.29. The van der Waals surface area contributed by atoms with Gasteiger partial charge in [-0.3, -0.25) is 9.59 Å². The molecule has 0 radical (unpaired) electrons. The lowest BCUT2D eigenvalue weighted by atomic mass is 10.1. The minimum atomic E-state index is -0.396. The first-order valence-electron chi connectivity index (χ1n) is 8.41. The number of piperidine rings is 1. The Labute approximate surface area is 143 Å². The highest BCUT2D eigenvalue weighted by atomic mass is 16.1. The first-order valence-corrected chi connectivity index (χ1v) is 8.41. The standard InChI is InChI=1S/C18H19N5O2/c19-15-14(22-9-5-2-6-10-22)16(24)21-18-20-13(17(25)23(15)18)11-12-7-3-1-4-8-12/h1,3-4,7-8,11H,2,5-6,9-10,19H2,(H,20,21,24)/b13-11-. The van der Waals surface area contributed by atoms with Gasteiger partial charge in [0, 0.05) is 13.1 Å². The molecular weight excluding hydrogens is 318 g/mol. The number of H-pyrrole nitrogens is 1. The molecule has 4 rings (SSSR count). The van der Waals surface area contributed by atoms with Crippen molar-refractivity contribution in [3.63, 3.8) is 0 Å². The van der Waals surface area contributed by atoms with Gasteiger partial charge in [0.05, 0.1) is 0 Å². The second-order valence-electron chi connectivity index (χ2n) is 6.26. The van der Waals surface area contributed by atoms with E-state index < -0.39 is 5.56 Å². The smallest absolute Gasteiger partial charge is 0.300 e. The van der Waals surface area contributed by atoms with Crippen LogP contribution in [0.25, 0.3) is 11.9 Å². The maximum atomic E-state index is 12.8. The summed E-state index contributed by atoms with van der Waals surface area (Å²) in [6, 6.07) is 9.48. The molecule has 3 aromatic rings. The Morgan fingerprint density at radius 1 is 1.08 bits per heavy atom. The molecule has 3 N–H and O–H groups in total. The van der Waals surface area contributed by atoms with E-state index in [9.17, 15) is 9.59 Å². The van der Waals surface area contributed by atoms with E-state index in [1.165, 1.54) is 4.40 Å². The van der Waals surface area contributed by atoms with Gasteiger partial charge in [-0.15, -0.1) is 0 Å². The van der Waals surface area contributed by atoms with Gasteiger partial charge in [0.1, 0.15) is 16.9 Å². The fourth-order valence-electron chi connectivity index (χ4n) is 3.34. The summed E-state index contributed by atoms with van der Waals surface area (Å²) >= 11 is 0. The molecule has 7 heteroatoms. The third kappa shape index (κ3) is 2.67. The van der Waals surface area contributed by atoms with Crippen molar-refractivity contribution < 1.29 is 0 Å². The van der Waals surface area contributed by atoms with Crippen molar-refractivity contribution in [1.82, 2.24) is 14.4 Å². The molecule has 1 aliphatic heterocycles. The zero-order chi connectivity index (χ0) is 17.4. The molecule has 0 aliphatic carbocycles. The fraction of sp³-hybridized carbons (Fsp3) is 0.278. The number of nitrogen functional groups attached to an aromatic ring is 1. The second-order valence-corrected chi connectivity index (χ2v) is 6.26. The maximum absolute atomic E-state index is 12.8. The average molecular weight is 337 g/mol. The van der Waals surface area contributed by atoms with Crippen LogP contribution >= 0.6 is 0 Å². The summed E-state index contributed by atoms with van der Waals surface area (Å²) in [5.41, 5.74) is 6.72. The fourth-order valence-corrected chi connectivity index (χ4v) is 3.34. The summed E-state index contributed by atoms with van der Waals surface area (Å²) in [7, 11) is 0. The van der Waals surface area contributed by atoms with Crippen LogP contribution in [0.1, 0.15) is 24.8 Å². The maximum Gasteiger partial charge on any atom is 0.300 e. The average Bonchev–Trinajstić information content (AvgIpc) is 2.92. The van der Waals surface area contributed by atoms with Crippen LogP contribution in [0.5, 0.6) is 0 Å². The van der Waals surface area contributed by atoms with E-state index in [4.69, 9.17) is 5.73 Å². The van der Waals surface area contributed by atoms with E-state index in [1.807, 2.05) is 35.2 Å². The lowest BCUT2D eigenvalue weighted by Crippen LogP contribution is -2.36. The lowest BCUT2D eigenvalue weighted by Gasteiger charge is -2.28. The van der Waals surface area contributed by atoms with Crippen molar-refractivity contribution in [2.24, 2.45) is 0 Å². The topological polar surface area (TPSA) is 96.5 Å². The molecule has 128 valence electrons. The third-order valence-electron chi connectivity index (χ3n) is 4.57. The first-order chi connectivity index (χ1) is 12.1. The molecule has 1 fully saturated rings. The first kappa shape index (κ1) is 15.4. The minimum absolute atomic E-state index is 0.158. The van der Waals surface area contributed by atoms with Gasteiger partial charge in [0.15, 0.2) is 0 Å². The SMILES string of the molecule is Nc1c(N2CCCCC2)c(=O)nc2[nH]/c(=C\c3ccccc3)c(=O)n12. The summed E-state index contributed by atoms with van der Waals surface area (Å²) in [5.74, 6) is 0.335. The predicted octanol–water partition coefficient (Wildman–Crippen LogP) is 0.503. The van der Waals surface area contributed by atoms with Gasteiger partial charge in [-0.05, 0) is 30.9 Å². The highest BCUT2D eigenvalue weighted by molar-refractivity contribution is 5.66. The molecule has 0 spiro atoms. The minimum Gasteiger partial charge on any atom is -0.383 e. The number of nitrogens with zero attached hydrogens (tertiary/aromatic N) is 3. The van der Waals surface area contributed by atoms with Crippen molar-refractivity contribution in [3.8, 4) is 0 Å². The number of imidazole rings is 1. The number of hydrogen-bond acceptors (Lipinski definition) is 5. The summed E-state index contributed by atoms with van der Waals surface area (Å²) in [6.07, 6.45) is 4.88. The number of anilines is 2. The van der Waals surface area contributed by atoms with E-state index >= 15 is 0 Å².